The van der Waals surface area contributed by atoms with Gasteiger partial charge in [0.2, 0.25) is 0 Å². The number of carboxylic acids is 1. The number of carbonyl (C=O) groups is 1. The zero-order valence-corrected chi connectivity index (χ0v) is 19.4. The van der Waals surface area contributed by atoms with Crippen LogP contribution in [0.5, 0.6) is 0 Å². The number of hydrogen-bond acceptors (Lipinski definition) is 3. The van der Waals surface area contributed by atoms with Gasteiger partial charge < -0.3 is 19.6 Å². The Morgan fingerprint density at radius 1 is 1.17 bits per heavy atom. The van der Waals surface area contributed by atoms with Crippen LogP contribution in [-0.4, -0.2) is 21.7 Å². The van der Waals surface area contributed by atoms with Crippen molar-refractivity contribution < 1.29 is 49.0 Å². The maximum Gasteiger partial charge on any atom is 1.00 e. The summed E-state index contributed by atoms with van der Waals surface area (Å²) >= 11 is 0. The molecule has 4 nitrogen and oxygen atoms in total. The van der Waals surface area contributed by atoms with E-state index in [1.807, 2.05) is 30.3 Å². The van der Waals surface area contributed by atoms with Crippen LogP contribution in [0.25, 0.3) is 28.1 Å². The van der Waals surface area contributed by atoms with Gasteiger partial charge in [0.15, 0.2) is 0 Å². The summed E-state index contributed by atoms with van der Waals surface area (Å²) in [4.78, 5) is 10.5. The fourth-order valence-electron chi connectivity index (χ4n) is 3.51. The van der Waals surface area contributed by atoms with Gasteiger partial charge in [-0.2, -0.15) is 0 Å². The summed E-state index contributed by atoms with van der Waals surface area (Å²) in [5, 5.41) is 21.7. The number of halogens is 1. The van der Waals surface area contributed by atoms with Crippen molar-refractivity contribution in [2.24, 2.45) is 0 Å². The van der Waals surface area contributed by atoms with Crippen molar-refractivity contribution in [1.82, 2.24) is 4.57 Å². The number of aliphatic hydroxyl groups excluding tert-OH is 1. The minimum Gasteiger partial charge on any atom is -0.545 e. The molecule has 0 amide bonds. The Bertz CT molecular complexity index is 1070. The van der Waals surface area contributed by atoms with Crippen molar-refractivity contribution in [2.45, 2.75) is 32.4 Å². The number of carbonyl (C=O) groups excluding carboxylic acids is 1. The van der Waals surface area contributed by atoms with Crippen LogP contribution in [0.2, 0.25) is 0 Å². The second-order valence-electron chi connectivity index (χ2n) is 7.13. The third-order valence-corrected chi connectivity index (χ3v) is 4.71. The van der Waals surface area contributed by atoms with Crippen LogP contribution < -0.4 is 34.7 Å². The molecule has 0 bridgehead atoms. The molecule has 0 saturated heterocycles. The van der Waals surface area contributed by atoms with Crippen LogP contribution in [0.1, 0.15) is 32.0 Å². The van der Waals surface area contributed by atoms with Gasteiger partial charge in [0, 0.05) is 28.2 Å². The minimum atomic E-state index is -1.29. The quantitative estimate of drug-likeness (QED) is 0.464. The van der Waals surface area contributed by atoms with Crippen LogP contribution in [0.15, 0.2) is 66.8 Å². The summed E-state index contributed by atoms with van der Waals surface area (Å²) in [5.41, 5.74) is 3.79. The third-order valence-electron chi connectivity index (χ3n) is 4.71. The molecule has 0 spiro atoms. The topological polar surface area (TPSA) is 65.3 Å². The van der Waals surface area contributed by atoms with Gasteiger partial charge in [-0.1, -0.05) is 42.5 Å². The normalized spacial score (nSPS) is 12.7. The first-order valence-corrected chi connectivity index (χ1v) is 9.51. The molecule has 1 aromatic heterocycles. The Labute approximate surface area is 197 Å². The number of fused-ring (bicyclic) bond motifs is 1. The van der Waals surface area contributed by atoms with Gasteiger partial charge >= 0.3 is 29.6 Å². The van der Waals surface area contributed by atoms with Gasteiger partial charge in [-0.05, 0) is 56.2 Å². The van der Waals surface area contributed by atoms with Crippen molar-refractivity contribution in [3.63, 3.8) is 0 Å². The van der Waals surface area contributed by atoms with Crippen molar-refractivity contribution in [2.75, 3.05) is 0 Å². The first-order chi connectivity index (χ1) is 13.9. The molecule has 0 saturated carbocycles. The molecule has 1 unspecified atom stereocenters. The van der Waals surface area contributed by atoms with Crippen LogP contribution in [0.4, 0.5) is 4.39 Å². The summed E-state index contributed by atoms with van der Waals surface area (Å²) in [7, 11) is 0. The van der Waals surface area contributed by atoms with Gasteiger partial charge in [-0.3, -0.25) is 0 Å². The molecule has 3 rings (SSSR count). The molecule has 0 aliphatic rings. The predicted octanol–water partition coefficient (Wildman–Crippen LogP) is 1.10. The number of rotatable bonds is 7. The zero-order chi connectivity index (χ0) is 21.0. The van der Waals surface area contributed by atoms with E-state index in [4.69, 9.17) is 0 Å². The van der Waals surface area contributed by atoms with Crippen LogP contribution >= 0.6 is 0 Å². The van der Waals surface area contributed by atoms with E-state index in [9.17, 15) is 19.4 Å². The summed E-state index contributed by atoms with van der Waals surface area (Å²) < 4.78 is 15.6. The summed E-state index contributed by atoms with van der Waals surface area (Å²) in [6.45, 7) is 4.16. The molecule has 1 N–H and O–H groups in total. The van der Waals surface area contributed by atoms with E-state index in [1.54, 1.807) is 18.2 Å². The van der Waals surface area contributed by atoms with E-state index in [0.717, 1.165) is 33.8 Å². The maximum atomic E-state index is 13.5. The van der Waals surface area contributed by atoms with Gasteiger partial charge in [0.1, 0.15) is 5.82 Å². The number of aliphatic hydroxyl groups is 1. The smallest absolute Gasteiger partial charge is 0.545 e. The standard InChI is InChI=1S/C24H24FNO3.Na/c1-16(2)26-21-8-4-3-7-20(21)24(17-10-12-18(25)13-11-17)22(26)15-14-19(27)6-5-9-23(28)29;/h3-5,7-16,19,27H,6H2,1-2H3,(H,28,29);/q;+1/p-1. The number of benzene rings is 2. The van der Waals surface area contributed by atoms with Gasteiger partial charge in [0.25, 0.3) is 0 Å². The van der Waals surface area contributed by atoms with E-state index in [2.05, 4.69) is 18.4 Å². The van der Waals surface area contributed by atoms with Crippen molar-refractivity contribution in [3.05, 3.63) is 78.3 Å². The maximum absolute atomic E-state index is 13.5. The number of para-hydroxylation sites is 1. The average Bonchev–Trinajstić information content (AvgIpc) is 3.01. The van der Waals surface area contributed by atoms with Crippen LogP contribution in [0.3, 0.4) is 0 Å². The number of carboxylic acid groups (broad SMARTS) is 1. The Hall–Kier alpha value is -2.18. The van der Waals surface area contributed by atoms with E-state index < -0.39 is 12.1 Å². The van der Waals surface area contributed by atoms with E-state index in [0.29, 0.717) is 0 Å². The predicted molar refractivity (Wildman–Crippen MR) is 112 cm³/mol. The summed E-state index contributed by atoms with van der Waals surface area (Å²) in [6, 6.07) is 14.5. The Morgan fingerprint density at radius 2 is 1.83 bits per heavy atom. The number of hydrogen-bond donors (Lipinski definition) is 1. The largest absolute Gasteiger partial charge is 1.00 e. The molecule has 2 aromatic carbocycles. The van der Waals surface area contributed by atoms with Crippen molar-refractivity contribution in [3.8, 4) is 11.1 Å². The first kappa shape index (κ1) is 24.1. The molecular formula is C24H23FNNaO3. The molecule has 150 valence electrons. The Morgan fingerprint density at radius 3 is 2.47 bits per heavy atom. The van der Waals surface area contributed by atoms with Gasteiger partial charge in [0.05, 0.1) is 12.1 Å². The molecule has 1 atom stereocenters. The van der Waals surface area contributed by atoms with E-state index in [-0.39, 0.29) is 47.8 Å². The molecule has 30 heavy (non-hydrogen) atoms. The Balaban J connectivity index is 0.00000320. The molecule has 1 heterocycles. The molecule has 0 aliphatic carbocycles. The second-order valence-corrected chi connectivity index (χ2v) is 7.13. The molecule has 0 aliphatic heterocycles. The van der Waals surface area contributed by atoms with Gasteiger partial charge in [-0.25, -0.2) is 4.39 Å². The molecule has 3 aromatic rings. The monoisotopic (exact) mass is 415 g/mol. The first-order valence-electron chi connectivity index (χ1n) is 9.51. The fraction of sp³-hybridized carbons (Fsp3) is 0.208. The second kappa shape index (κ2) is 10.7. The zero-order valence-electron chi connectivity index (χ0n) is 17.4. The minimum absolute atomic E-state index is 0. The SMILES string of the molecule is CC(C)n1c(C=CC(O)CC=CC(=O)[O-])c(-c2ccc(F)cc2)c2ccccc21.[Na+]. The number of nitrogens with zero attached hydrogens (tertiary/aromatic N) is 1. The van der Waals surface area contributed by atoms with Crippen molar-refractivity contribution in [1.29, 1.82) is 0 Å². The fourth-order valence-corrected chi connectivity index (χ4v) is 3.51. The average molecular weight is 415 g/mol. The molecule has 6 heteroatoms. The van der Waals surface area contributed by atoms with Crippen LogP contribution in [0, 0.1) is 5.82 Å². The third kappa shape index (κ3) is 5.49. The van der Waals surface area contributed by atoms with Crippen LogP contribution in [-0.2, 0) is 4.79 Å². The molecular weight excluding hydrogens is 392 g/mol. The molecule has 0 fully saturated rings. The summed E-state index contributed by atoms with van der Waals surface area (Å²) in [6.07, 6.45) is 5.08. The number of aromatic nitrogens is 1. The summed E-state index contributed by atoms with van der Waals surface area (Å²) in [5.74, 6) is -1.59. The van der Waals surface area contributed by atoms with Gasteiger partial charge in [-0.15, -0.1) is 0 Å². The van der Waals surface area contributed by atoms with E-state index >= 15 is 0 Å². The molecule has 0 radical (unpaired) electrons. The van der Waals surface area contributed by atoms with E-state index in [1.165, 1.54) is 18.2 Å². The Kier molecular flexibility index (Phi) is 8.62. The number of aliphatic carboxylic acids is 1. The van der Waals surface area contributed by atoms with Crippen molar-refractivity contribution >= 4 is 22.9 Å².